The van der Waals surface area contributed by atoms with Gasteiger partial charge in [-0.05, 0) is 44.4 Å². The molecule has 1 amide bonds. The first kappa shape index (κ1) is 20.2. The van der Waals surface area contributed by atoms with Gasteiger partial charge in [0.2, 0.25) is 0 Å². The summed E-state index contributed by atoms with van der Waals surface area (Å²) in [6.45, 7) is 2.15. The molecule has 8 nitrogen and oxygen atoms in total. The first-order chi connectivity index (χ1) is 14.4. The molecule has 6 rings (SSSR count). The third-order valence-corrected chi connectivity index (χ3v) is 8.48. The number of likely N-dealkylation sites (tertiary alicyclic amines) is 1. The van der Waals surface area contributed by atoms with Crippen molar-refractivity contribution in [2.75, 3.05) is 39.5 Å². The Balaban J connectivity index is 1.66. The fraction of sp³-hybridized carbons (Fsp3) is 0.682. The maximum absolute atomic E-state index is 13.8. The Labute approximate surface area is 176 Å². The van der Waals surface area contributed by atoms with Crippen molar-refractivity contribution in [1.82, 2.24) is 4.90 Å². The quantitative estimate of drug-likeness (QED) is 0.743. The maximum Gasteiger partial charge on any atom is 0.264 e. The number of methoxy groups -OCH3 is 1. The van der Waals surface area contributed by atoms with E-state index in [1.165, 1.54) is 12.2 Å². The molecule has 4 aliphatic heterocycles. The Hall–Kier alpha value is -1.71. The number of hydroxylamine groups is 1. The minimum absolute atomic E-state index is 0.0000391. The van der Waals surface area contributed by atoms with Gasteiger partial charge in [-0.25, -0.2) is 0 Å². The zero-order valence-corrected chi connectivity index (χ0v) is 17.9. The molecule has 0 radical (unpaired) electrons. The lowest BCUT2D eigenvalue weighted by atomic mass is 9.68. The molecular formula is C22H30N2O6. The number of ether oxygens (including phenoxy) is 2. The summed E-state index contributed by atoms with van der Waals surface area (Å²) in [5, 5.41) is 22.4. The van der Waals surface area contributed by atoms with E-state index in [0.29, 0.717) is 30.9 Å². The van der Waals surface area contributed by atoms with Crippen LogP contribution in [0.2, 0.25) is 0 Å². The summed E-state index contributed by atoms with van der Waals surface area (Å²) >= 11 is 0. The van der Waals surface area contributed by atoms with Crippen LogP contribution < -0.4 is 9.80 Å². The SMILES string of the molecule is COc1ccc2c(c1)N(OC)C(=O)[C@@]21C[C@H]2[C@H]3CO[C@@H]1C[C@H]3[C@@](CO)([C@@H](C)O)N2C. The third-order valence-electron chi connectivity index (χ3n) is 8.48. The van der Waals surface area contributed by atoms with E-state index < -0.39 is 17.1 Å². The summed E-state index contributed by atoms with van der Waals surface area (Å²) in [5.74, 6) is 0.734. The minimum Gasteiger partial charge on any atom is -0.497 e. The highest BCUT2D eigenvalue weighted by Gasteiger charge is 2.70. The van der Waals surface area contributed by atoms with Gasteiger partial charge in [0.25, 0.3) is 5.91 Å². The molecule has 4 heterocycles. The van der Waals surface area contributed by atoms with Gasteiger partial charge >= 0.3 is 0 Å². The molecular weight excluding hydrogens is 388 g/mol. The van der Waals surface area contributed by atoms with Crippen LogP contribution in [0.1, 0.15) is 25.3 Å². The summed E-state index contributed by atoms with van der Waals surface area (Å²) in [6.07, 6.45) is 0.124. The molecule has 4 fully saturated rings. The number of anilines is 1. The summed E-state index contributed by atoms with van der Waals surface area (Å²) in [5.41, 5.74) is 0.0108. The number of hydrogen-bond donors (Lipinski definition) is 2. The van der Waals surface area contributed by atoms with Crippen LogP contribution in [-0.2, 0) is 19.8 Å². The molecule has 164 valence electrons. The second-order valence-electron chi connectivity index (χ2n) is 9.17. The van der Waals surface area contributed by atoms with Crippen molar-refractivity contribution >= 4 is 11.6 Å². The molecule has 1 aromatic carbocycles. The second kappa shape index (κ2) is 6.64. The number of likely N-dealkylation sites (N-methyl/N-ethyl adjacent to an activating group) is 1. The lowest BCUT2D eigenvalue weighted by molar-refractivity contribution is -0.145. The fourth-order valence-electron chi connectivity index (χ4n) is 6.97. The van der Waals surface area contributed by atoms with Crippen LogP contribution in [0.3, 0.4) is 0 Å². The summed E-state index contributed by atoms with van der Waals surface area (Å²) in [6, 6.07) is 5.66. The number of fused-ring (bicyclic) bond motifs is 2. The van der Waals surface area contributed by atoms with Gasteiger partial charge in [0.05, 0.1) is 50.9 Å². The van der Waals surface area contributed by atoms with Crippen LogP contribution in [0.5, 0.6) is 5.75 Å². The summed E-state index contributed by atoms with van der Waals surface area (Å²) < 4.78 is 11.7. The Bertz CT molecular complexity index is 877. The average molecular weight is 418 g/mol. The van der Waals surface area contributed by atoms with Crippen molar-refractivity contribution in [3.05, 3.63) is 23.8 Å². The molecule has 0 aromatic heterocycles. The first-order valence-electron chi connectivity index (χ1n) is 10.6. The van der Waals surface area contributed by atoms with Crippen LogP contribution in [0.15, 0.2) is 18.2 Å². The number of amides is 1. The minimum atomic E-state index is -0.861. The first-order valence-corrected chi connectivity index (χ1v) is 10.6. The molecule has 1 aromatic rings. The second-order valence-corrected chi connectivity index (χ2v) is 9.17. The molecule has 1 aliphatic carbocycles. The number of aliphatic hydroxyl groups is 2. The van der Waals surface area contributed by atoms with Gasteiger partial charge < -0.3 is 19.7 Å². The van der Waals surface area contributed by atoms with Gasteiger partial charge in [-0.3, -0.25) is 14.5 Å². The van der Waals surface area contributed by atoms with Crippen molar-refractivity contribution in [2.24, 2.45) is 11.8 Å². The maximum atomic E-state index is 13.8. The van der Waals surface area contributed by atoms with Crippen molar-refractivity contribution < 1.29 is 29.3 Å². The topological polar surface area (TPSA) is 91.7 Å². The summed E-state index contributed by atoms with van der Waals surface area (Å²) in [7, 11) is 5.06. The van der Waals surface area contributed by atoms with E-state index in [1.807, 2.05) is 25.2 Å². The van der Waals surface area contributed by atoms with Gasteiger partial charge in [0.1, 0.15) is 11.2 Å². The molecule has 3 saturated heterocycles. The van der Waals surface area contributed by atoms with Crippen molar-refractivity contribution in [1.29, 1.82) is 0 Å². The average Bonchev–Trinajstić information content (AvgIpc) is 2.97. The van der Waals surface area contributed by atoms with Crippen LogP contribution in [0.25, 0.3) is 0 Å². The third kappa shape index (κ3) is 2.16. The Morgan fingerprint density at radius 2 is 2.13 bits per heavy atom. The number of carbonyl (C=O) groups is 1. The number of aliphatic hydroxyl groups excluding tert-OH is 2. The predicted molar refractivity (Wildman–Crippen MR) is 108 cm³/mol. The van der Waals surface area contributed by atoms with Gasteiger partial charge in [-0.15, -0.1) is 0 Å². The molecule has 4 bridgehead atoms. The Kier molecular flexibility index (Phi) is 4.47. The van der Waals surface area contributed by atoms with Gasteiger partial charge in [0, 0.05) is 18.0 Å². The molecule has 30 heavy (non-hydrogen) atoms. The normalized spacial score (nSPS) is 40.7. The lowest BCUT2D eigenvalue weighted by Gasteiger charge is -2.49. The largest absolute Gasteiger partial charge is 0.497 e. The number of benzene rings is 1. The number of rotatable bonds is 4. The van der Waals surface area contributed by atoms with E-state index in [9.17, 15) is 15.0 Å². The van der Waals surface area contributed by atoms with Gasteiger partial charge in [-0.2, -0.15) is 5.06 Å². The van der Waals surface area contributed by atoms with Crippen LogP contribution in [0.4, 0.5) is 5.69 Å². The van der Waals surface area contributed by atoms with E-state index >= 15 is 0 Å². The molecule has 5 aliphatic rings. The molecule has 0 unspecified atom stereocenters. The van der Waals surface area contributed by atoms with Crippen LogP contribution in [-0.4, -0.2) is 79.3 Å². The van der Waals surface area contributed by atoms with Crippen LogP contribution >= 0.6 is 0 Å². The smallest absolute Gasteiger partial charge is 0.264 e. The molecule has 7 atom stereocenters. The Morgan fingerprint density at radius 3 is 2.77 bits per heavy atom. The molecule has 2 N–H and O–H groups in total. The van der Waals surface area contributed by atoms with Crippen molar-refractivity contribution in [2.45, 2.75) is 49.0 Å². The predicted octanol–water partition coefficient (Wildman–Crippen LogP) is 0.692. The zero-order chi connectivity index (χ0) is 21.4. The lowest BCUT2D eigenvalue weighted by Crippen LogP contribution is -2.63. The molecule has 1 saturated carbocycles. The highest BCUT2D eigenvalue weighted by molar-refractivity contribution is 6.07. The molecule has 8 heteroatoms. The zero-order valence-electron chi connectivity index (χ0n) is 17.9. The van der Waals surface area contributed by atoms with Crippen molar-refractivity contribution in [3.63, 3.8) is 0 Å². The van der Waals surface area contributed by atoms with Crippen molar-refractivity contribution in [3.8, 4) is 5.75 Å². The highest BCUT2D eigenvalue weighted by Crippen LogP contribution is 2.61. The number of carbonyl (C=O) groups excluding carboxylic acids is 1. The van der Waals surface area contributed by atoms with E-state index in [1.54, 1.807) is 14.0 Å². The molecule has 1 spiro atoms. The fourth-order valence-corrected chi connectivity index (χ4v) is 6.97. The van der Waals surface area contributed by atoms with Crippen LogP contribution in [0, 0.1) is 11.8 Å². The van der Waals surface area contributed by atoms with E-state index in [4.69, 9.17) is 14.3 Å². The number of nitrogens with zero attached hydrogens (tertiary/aromatic N) is 2. The van der Waals surface area contributed by atoms with E-state index in [-0.39, 0.29) is 36.5 Å². The standard InChI is InChI=1S/C22H30N2O6/c1-12(26)22(11-25)16-8-19-21(9-18(23(22)2)14(16)10-30-19)15-6-5-13(28-3)7-17(15)24(29-4)20(21)27/h5-7,12,14,16,18-19,25-26H,8-11H2,1-4H3/t12-,14+,16-,18+,19-,21+,22-/m1/s1. The van der Waals surface area contributed by atoms with Gasteiger partial charge in [-0.1, -0.05) is 6.07 Å². The van der Waals surface area contributed by atoms with Gasteiger partial charge in [0.15, 0.2) is 0 Å². The monoisotopic (exact) mass is 418 g/mol. The van der Waals surface area contributed by atoms with E-state index in [2.05, 4.69) is 4.90 Å². The highest BCUT2D eigenvalue weighted by atomic mass is 16.7. The number of hydrogen-bond acceptors (Lipinski definition) is 7. The Morgan fingerprint density at radius 1 is 1.37 bits per heavy atom. The summed E-state index contributed by atoms with van der Waals surface area (Å²) in [4.78, 5) is 21.4. The van der Waals surface area contributed by atoms with E-state index in [0.717, 1.165) is 5.56 Å².